The zero-order valence-electron chi connectivity index (χ0n) is 18.6. The number of aryl methyl sites for hydroxylation is 2. The minimum absolute atomic E-state index is 0.0217. The number of halogens is 1. The van der Waals surface area contributed by atoms with Gasteiger partial charge >= 0.3 is 0 Å². The molecule has 1 amide bonds. The summed E-state index contributed by atoms with van der Waals surface area (Å²) in [6.07, 6.45) is 1.87. The van der Waals surface area contributed by atoms with Gasteiger partial charge in [0.15, 0.2) is 5.65 Å². The fourth-order valence-corrected chi connectivity index (χ4v) is 5.13. The molecule has 1 saturated heterocycles. The van der Waals surface area contributed by atoms with Crippen LogP contribution in [0.25, 0.3) is 21.6 Å². The fourth-order valence-electron chi connectivity index (χ4n) is 4.44. The molecule has 5 rings (SSSR count). The van der Waals surface area contributed by atoms with Crippen LogP contribution in [0.2, 0.25) is 0 Å². The van der Waals surface area contributed by atoms with Crippen molar-refractivity contribution in [2.45, 2.75) is 32.4 Å². The van der Waals surface area contributed by atoms with Gasteiger partial charge in [-0.3, -0.25) is 9.48 Å². The van der Waals surface area contributed by atoms with Crippen LogP contribution in [-0.4, -0.2) is 44.8 Å². The summed E-state index contributed by atoms with van der Waals surface area (Å²) >= 11 is 1.58. The Morgan fingerprint density at radius 2 is 2.18 bits per heavy atom. The van der Waals surface area contributed by atoms with Gasteiger partial charge in [0.1, 0.15) is 5.82 Å². The van der Waals surface area contributed by atoms with E-state index < -0.39 is 0 Å². The lowest BCUT2D eigenvalue weighted by Crippen LogP contribution is -2.37. The normalized spacial score (nSPS) is 15.9. The molecule has 3 aromatic heterocycles. The summed E-state index contributed by atoms with van der Waals surface area (Å²) in [5.41, 5.74) is 3.47. The Balaban J connectivity index is 1.59. The number of aromatic nitrogens is 3. The van der Waals surface area contributed by atoms with E-state index in [1.54, 1.807) is 27.0 Å². The summed E-state index contributed by atoms with van der Waals surface area (Å²) in [6.45, 7) is 3.35. The van der Waals surface area contributed by atoms with Crippen molar-refractivity contribution < 1.29 is 13.9 Å². The highest BCUT2D eigenvalue weighted by atomic mass is 32.1. The topological polar surface area (TPSA) is 60.2 Å². The maximum Gasteiger partial charge on any atom is 0.255 e. The van der Waals surface area contributed by atoms with E-state index in [1.807, 2.05) is 43.6 Å². The molecule has 0 radical (unpaired) electrons. The Bertz CT molecular complexity index is 1300. The molecule has 0 spiro atoms. The van der Waals surface area contributed by atoms with Gasteiger partial charge in [-0.15, -0.1) is 11.3 Å². The summed E-state index contributed by atoms with van der Waals surface area (Å²) in [7, 11) is 1.84. The van der Waals surface area contributed by atoms with Crippen molar-refractivity contribution >= 4 is 28.3 Å². The summed E-state index contributed by atoms with van der Waals surface area (Å²) in [6, 6.07) is 12.2. The summed E-state index contributed by atoms with van der Waals surface area (Å²) in [5.74, 6) is -0.442. The van der Waals surface area contributed by atoms with E-state index >= 15 is 0 Å². The van der Waals surface area contributed by atoms with Crippen LogP contribution >= 0.6 is 11.3 Å². The summed E-state index contributed by atoms with van der Waals surface area (Å²) in [5, 5.41) is 7.27. The second-order valence-electron chi connectivity index (χ2n) is 8.39. The maximum absolute atomic E-state index is 14.0. The van der Waals surface area contributed by atoms with Crippen LogP contribution in [-0.2, 0) is 18.3 Å². The van der Waals surface area contributed by atoms with Crippen molar-refractivity contribution in [1.29, 1.82) is 0 Å². The van der Waals surface area contributed by atoms with E-state index in [9.17, 15) is 9.18 Å². The van der Waals surface area contributed by atoms with E-state index in [4.69, 9.17) is 9.72 Å². The van der Waals surface area contributed by atoms with Crippen LogP contribution in [0.15, 0.2) is 47.8 Å². The molecule has 33 heavy (non-hydrogen) atoms. The zero-order chi connectivity index (χ0) is 22.9. The average molecular weight is 465 g/mol. The molecular weight excluding hydrogens is 439 g/mol. The van der Waals surface area contributed by atoms with Crippen molar-refractivity contribution in [2.24, 2.45) is 7.05 Å². The number of pyridine rings is 1. The van der Waals surface area contributed by atoms with Crippen molar-refractivity contribution in [1.82, 2.24) is 19.7 Å². The number of hydrogen-bond acceptors (Lipinski definition) is 5. The highest BCUT2D eigenvalue weighted by Crippen LogP contribution is 2.30. The molecule has 1 fully saturated rings. The first kappa shape index (κ1) is 21.7. The molecule has 0 saturated carbocycles. The molecule has 4 aromatic rings. The molecule has 0 aliphatic carbocycles. The molecule has 1 unspecified atom stereocenters. The molecular formula is C25H25FN4O2S. The van der Waals surface area contributed by atoms with Gasteiger partial charge in [0, 0.05) is 26.7 Å². The minimum atomic E-state index is -0.314. The van der Waals surface area contributed by atoms with Crippen molar-refractivity contribution in [3.63, 3.8) is 0 Å². The van der Waals surface area contributed by atoms with Gasteiger partial charge in [0.05, 0.1) is 33.3 Å². The molecule has 1 aliphatic rings. The van der Waals surface area contributed by atoms with Gasteiger partial charge in [-0.25, -0.2) is 9.37 Å². The zero-order valence-corrected chi connectivity index (χ0v) is 19.4. The predicted octanol–water partition coefficient (Wildman–Crippen LogP) is 4.97. The van der Waals surface area contributed by atoms with E-state index in [0.717, 1.165) is 40.1 Å². The van der Waals surface area contributed by atoms with Gasteiger partial charge in [0.2, 0.25) is 0 Å². The minimum Gasteiger partial charge on any atom is -0.376 e. The highest BCUT2D eigenvalue weighted by molar-refractivity contribution is 7.13. The molecule has 1 aromatic carbocycles. The third kappa shape index (κ3) is 4.41. The smallest absolute Gasteiger partial charge is 0.255 e. The first-order valence-electron chi connectivity index (χ1n) is 11.0. The largest absolute Gasteiger partial charge is 0.376 e. The molecule has 6 nitrogen and oxygen atoms in total. The number of amides is 1. The molecule has 1 atom stereocenters. The first-order valence-corrected chi connectivity index (χ1v) is 11.9. The Hall–Kier alpha value is -3.10. The van der Waals surface area contributed by atoms with Crippen LogP contribution in [0.1, 0.15) is 34.5 Å². The Morgan fingerprint density at radius 3 is 2.91 bits per heavy atom. The highest BCUT2D eigenvalue weighted by Gasteiger charge is 2.27. The van der Waals surface area contributed by atoms with Gasteiger partial charge < -0.3 is 9.64 Å². The number of carbonyl (C=O) groups is 1. The van der Waals surface area contributed by atoms with Crippen molar-refractivity contribution in [2.75, 3.05) is 13.2 Å². The van der Waals surface area contributed by atoms with Crippen LogP contribution in [0.5, 0.6) is 0 Å². The van der Waals surface area contributed by atoms with Gasteiger partial charge in [-0.1, -0.05) is 18.2 Å². The Labute approximate surface area is 195 Å². The van der Waals surface area contributed by atoms with Gasteiger partial charge in [-0.2, -0.15) is 5.10 Å². The second-order valence-corrected chi connectivity index (χ2v) is 9.34. The molecule has 0 bridgehead atoms. The molecule has 8 heteroatoms. The third-order valence-corrected chi connectivity index (χ3v) is 6.86. The Kier molecular flexibility index (Phi) is 5.95. The van der Waals surface area contributed by atoms with Crippen LogP contribution in [0.3, 0.4) is 0 Å². The van der Waals surface area contributed by atoms with E-state index in [2.05, 4.69) is 5.10 Å². The fraction of sp³-hybridized carbons (Fsp3) is 0.320. The molecule has 170 valence electrons. The average Bonchev–Trinajstić information content (AvgIpc) is 3.55. The Morgan fingerprint density at radius 1 is 1.30 bits per heavy atom. The number of thiophene rings is 1. The monoisotopic (exact) mass is 464 g/mol. The quantitative estimate of drug-likeness (QED) is 0.404. The van der Waals surface area contributed by atoms with Crippen LogP contribution < -0.4 is 0 Å². The van der Waals surface area contributed by atoms with Crippen LogP contribution in [0.4, 0.5) is 4.39 Å². The number of fused-ring (bicyclic) bond motifs is 1. The number of benzene rings is 1. The molecule has 4 heterocycles. The maximum atomic E-state index is 14.0. The van der Waals surface area contributed by atoms with Crippen molar-refractivity contribution in [3.05, 3.63) is 70.5 Å². The first-order chi connectivity index (χ1) is 16.0. The number of hydrogen-bond donors (Lipinski definition) is 0. The van der Waals surface area contributed by atoms with Crippen molar-refractivity contribution in [3.8, 4) is 10.6 Å². The van der Waals surface area contributed by atoms with Gasteiger partial charge in [0.25, 0.3) is 5.91 Å². The third-order valence-electron chi connectivity index (χ3n) is 5.97. The number of carbonyl (C=O) groups excluding carboxylic acids is 1. The summed E-state index contributed by atoms with van der Waals surface area (Å²) in [4.78, 5) is 21.6. The SMILES string of the molecule is Cc1nn(C)c2nc(-c3cccs3)cc(C(=O)N(Cc3cccc(F)c3)CC3CCCO3)c12. The lowest BCUT2D eigenvalue weighted by atomic mass is 10.1. The van der Waals surface area contributed by atoms with E-state index in [1.165, 1.54) is 12.1 Å². The van der Waals surface area contributed by atoms with Crippen LogP contribution in [0, 0.1) is 12.7 Å². The number of rotatable bonds is 6. The van der Waals surface area contributed by atoms with Gasteiger partial charge in [-0.05, 0) is 55.0 Å². The number of ether oxygens (including phenoxy) is 1. The lowest BCUT2D eigenvalue weighted by molar-refractivity contribution is 0.0508. The van der Waals surface area contributed by atoms with E-state index in [-0.39, 0.29) is 17.8 Å². The standard InChI is InChI=1S/C25H25FN4O2S/c1-16-23-20(13-21(22-9-5-11-33-22)27-24(23)29(2)28-16)25(31)30(15-19-8-4-10-32-19)14-17-6-3-7-18(26)12-17/h3,5-7,9,11-13,19H,4,8,10,14-15H2,1-2H3. The predicted molar refractivity (Wildman–Crippen MR) is 127 cm³/mol. The lowest BCUT2D eigenvalue weighted by Gasteiger charge is -2.26. The molecule has 1 aliphatic heterocycles. The number of nitrogens with zero attached hydrogens (tertiary/aromatic N) is 4. The summed E-state index contributed by atoms with van der Waals surface area (Å²) < 4.78 is 21.4. The molecule has 0 N–H and O–H groups in total. The second kappa shape index (κ2) is 9.03. The van der Waals surface area contributed by atoms with E-state index in [0.29, 0.717) is 30.9 Å².